The van der Waals surface area contributed by atoms with E-state index in [1.54, 1.807) is 6.20 Å². The van der Waals surface area contributed by atoms with Crippen molar-refractivity contribution in [3.63, 3.8) is 0 Å². The van der Waals surface area contributed by atoms with E-state index < -0.39 is 7.26 Å². The molecule has 0 aliphatic carbocycles. The summed E-state index contributed by atoms with van der Waals surface area (Å²) in [6, 6.07) is 29.3. The molecule has 0 bridgehead atoms. The number of thiazole rings is 1. The Kier molecular flexibility index (Phi) is 5.79. The van der Waals surface area contributed by atoms with Gasteiger partial charge in [-0.1, -0.05) is 71.5 Å². The number of benzene rings is 3. The number of nitrogens with zero attached hydrogens (tertiary/aromatic N) is 2. The predicted octanol–water partition coefficient (Wildman–Crippen LogP) is 5.01. The molecule has 33 heavy (non-hydrogen) atoms. The van der Waals surface area contributed by atoms with E-state index in [2.05, 4.69) is 61.3 Å². The van der Waals surface area contributed by atoms with E-state index >= 15 is 0 Å². The van der Waals surface area contributed by atoms with Gasteiger partial charge in [0.25, 0.3) is 0 Å². The molecule has 0 amide bonds. The van der Waals surface area contributed by atoms with Crippen LogP contribution in [0.3, 0.4) is 0 Å². The van der Waals surface area contributed by atoms with Crippen LogP contribution in [0, 0.1) is 0 Å². The van der Waals surface area contributed by atoms with Crippen LogP contribution in [0.4, 0.5) is 0 Å². The molecule has 2 aromatic heterocycles. The monoisotopic (exact) mass is 491 g/mol. The number of halogens is 1. The Bertz CT molecular complexity index is 1460. The largest absolute Gasteiger partial charge is 0.490 e. The first-order valence-corrected chi connectivity index (χ1v) is 13.8. The van der Waals surface area contributed by atoms with Crippen molar-refractivity contribution in [2.24, 2.45) is 0 Å². The normalized spacial score (nSPS) is 11.6. The molecule has 0 radical (unpaired) electrons. The van der Waals surface area contributed by atoms with Gasteiger partial charge >= 0.3 is 5.56 Å². The quantitative estimate of drug-likeness (QED) is 0.325. The van der Waals surface area contributed by atoms with Crippen LogP contribution in [0.1, 0.15) is 0 Å². The van der Waals surface area contributed by atoms with Crippen LogP contribution in [0.25, 0.3) is 16.2 Å². The van der Waals surface area contributed by atoms with E-state index in [4.69, 9.17) is 21.3 Å². The maximum absolute atomic E-state index is 13.2. The van der Waals surface area contributed by atoms with Gasteiger partial charge in [0.2, 0.25) is 5.75 Å². The number of hydrogen-bond donors (Lipinski definition) is 0. The Morgan fingerprint density at radius 1 is 0.909 bits per heavy atom. The van der Waals surface area contributed by atoms with Gasteiger partial charge in [0.1, 0.15) is 33.2 Å². The zero-order chi connectivity index (χ0) is 23.0. The standard InChI is InChI=1S/C26H21ClN2O2PS/c1-31-24-23(28-26-29(25(24)30)17-22(27)33-26)20-15-9-10-16-21(20)32(2,18-11-5-3-6-12-18)19-13-7-4-8-14-19/h3-17H,1-2H3/q+1. The fourth-order valence-electron chi connectivity index (χ4n) is 4.21. The van der Waals surface area contributed by atoms with Gasteiger partial charge < -0.3 is 4.74 Å². The van der Waals surface area contributed by atoms with Crippen molar-refractivity contribution in [3.05, 3.63) is 106 Å². The molecular weight excluding hydrogens is 471 g/mol. The highest BCUT2D eigenvalue weighted by Crippen LogP contribution is 2.53. The summed E-state index contributed by atoms with van der Waals surface area (Å²) in [6.45, 7) is 2.32. The Morgan fingerprint density at radius 2 is 1.48 bits per heavy atom. The Balaban J connectivity index is 1.85. The summed E-state index contributed by atoms with van der Waals surface area (Å²) in [5, 5.41) is 3.64. The molecule has 0 spiro atoms. The summed E-state index contributed by atoms with van der Waals surface area (Å²) in [7, 11) is -0.550. The van der Waals surface area contributed by atoms with E-state index in [9.17, 15) is 4.79 Å². The molecule has 5 rings (SSSR count). The molecule has 0 N–H and O–H groups in total. The molecule has 0 saturated heterocycles. The Hall–Kier alpha value is -2.98. The topological polar surface area (TPSA) is 43.6 Å². The smallest absolute Gasteiger partial charge is 0.301 e. The van der Waals surface area contributed by atoms with E-state index in [1.807, 2.05) is 30.3 Å². The Morgan fingerprint density at radius 3 is 2.09 bits per heavy atom. The number of hydrogen-bond acceptors (Lipinski definition) is 4. The second-order valence-corrected chi connectivity index (χ2v) is 12.8. The number of ether oxygens (including phenoxy) is 1. The summed E-state index contributed by atoms with van der Waals surface area (Å²) in [6.07, 6.45) is 1.58. The fourth-order valence-corrected chi connectivity index (χ4v) is 8.65. The highest BCUT2D eigenvalue weighted by Gasteiger charge is 2.42. The van der Waals surface area contributed by atoms with Gasteiger partial charge in [0.15, 0.2) is 4.96 Å². The number of fused-ring (bicyclic) bond motifs is 1. The maximum Gasteiger partial charge on any atom is 0.301 e. The van der Waals surface area contributed by atoms with Crippen molar-refractivity contribution in [1.82, 2.24) is 9.38 Å². The van der Waals surface area contributed by atoms with Crippen LogP contribution in [-0.4, -0.2) is 23.2 Å². The third-order valence-electron chi connectivity index (χ3n) is 5.85. The molecule has 0 fully saturated rings. The maximum atomic E-state index is 13.2. The first kappa shape index (κ1) is 21.8. The van der Waals surface area contributed by atoms with Crippen LogP contribution < -0.4 is 26.2 Å². The predicted molar refractivity (Wildman–Crippen MR) is 141 cm³/mol. The van der Waals surface area contributed by atoms with Gasteiger partial charge in [-0.15, -0.1) is 0 Å². The lowest BCUT2D eigenvalue weighted by atomic mass is 10.1. The first-order chi connectivity index (χ1) is 16.0. The molecule has 7 heteroatoms. The van der Waals surface area contributed by atoms with Crippen molar-refractivity contribution >= 4 is 51.1 Å². The van der Waals surface area contributed by atoms with Gasteiger partial charge in [0, 0.05) is 11.8 Å². The average molecular weight is 492 g/mol. The summed E-state index contributed by atoms with van der Waals surface area (Å²) in [5.74, 6) is 0.210. The average Bonchev–Trinajstić information content (AvgIpc) is 3.25. The lowest BCUT2D eigenvalue weighted by Crippen LogP contribution is -2.31. The van der Waals surface area contributed by atoms with E-state index in [0.717, 1.165) is 10.9 Å². The van der Waals surface area contributed by atoms with Crippen LogP contribution in [0.2, 0.25) is 4.34 Å². The molecule has 0 aliphatic heterocycles. The van der Waals surface area contributed by atoms with Crippen LogP contribution in [0.5, 0.6) is 5.75 Å². The van der Waals surface area contributed by atoms with Gasteiger partial charge in [-0.3, -0.25) is 9.20 Å². The van der Waals surface area contributed by atoms with Crippen LogP contribution in [0.15, 0.2) is 95.9 Å². The highest BCUT2D eigenvalue weighted by atomic mass is 35.5. The zero-order valence-electron chi connectivity index (χ0n) is 18.1. The highest BCUT2D eigenvalue weighted by molar-refractivity contribution is 7.95. The first-order valence-electron chi connectivity index (χ1n) is 10.4. The lowest BCUT2D eigenvalue weighted by Gasteiger charge is -2.25. The molecule has 5 aromatic rings. The summed E-state index contributed by atoms with van der Waals surface area (Å²) >= 11 is 7.47. The van der Waals surface area contributed by atoms with Crippen molar-refractivity contribution < 1.29 is 4.74 Å². The third-order valence-corrected chi connectivity index (χ3v) is 11.0. The molecular formula is C26H21ClN2O2PS+. The molecule has 164 valence electrons. The molecule has 2 heterocycles. The molecule has 0 saturated carbocycles. The van der Waals surface area contributed by atoms with Crippen molar-refractivity contribution in [3.8, 4) is 17.0 Å². The second-order valence-electron chi connectivity index (χ2n) is 7.68. The van der Waals surface area contributed by atoms with Crippen molar-refractivity contribution in [1.29, 1.82) is 0 Å². The van der Waals surface area contributed by atoms with Gasteiger partial charge in [-0.2, -0.15) is 0 Å². The van der Waals surface area contributed by atoms with Crippen LogP contribution >= 0.6 is 30.2 Å². The molecule has 4 nitrogen and oxygen atoms in total. The number of aromatic nitrogens is 2. The summed E-state index contributed by atoms with van der Waals surface area (Å²) in [4.78, 5) is 18.6. The van der Waals surface area contributed by atoms with Gasteiger partial charge in [-0.25, -0.2) is 4.98 Å². The molecule has 0 atom stereocenters. The second kappa shape index (κ2) is 8.75. The minimum Gasteiger partial charge on any atom is -0.490 e. The molecule has 0 unspecified atom stereocenters. The van der Waals surface area contributed by atoms with E-state index in [-0.39, 0.29) is 11.3 Å². The summed E-state index contributed by atoms with van der Waals surface area (Å²) in [5.41, 5.74) is 1.16. The van der Waals surface area contributed by atoms with Gasteiger partial charge in [0.05, 0.1) is 13.8 Å². The molecule has 3 aromatic carbocycles. The number of methoxy groups -OCH3 is 1. The molecule has 0 aliphatic rings. The summed E-state index contributed by atoms with van der Waals surface area (Å²) < 4.78 is 7.55. The zero-order valence-corrected chi connectivity index (χ0v) is 20.6. The fraction of sp³-hybridized carbons (Fsp3) is 0.0769. The van der Waals surface area contributed by atoms with Crippen molar-refractivity contribution in [2.45, 2.75) is 0 Å². The third kappa shape index (κ3) is 3.67. The minimum atomic E-state index is -2.06. The van der Waals surface area contributed by atoms with Gasteiger partial charge in [-0.05, 0) is 36.4 Å². The lowest BCUT2D eigenvalue weighted by molar-refractivity contribution is 0.407. The Labute approximate surface area is 201 Å². The minimum absolute atomic E-state index is 0.210. The van der Waals surface area contributed by atoms with E-state index in [1.165, 1.54) is 33.5 Å². The van der Waals surface area contributed by atoms with Crippen LogP contribution in [-0.2, 0) is 0 Å². The van der Waals surface area contributed by atoms with Crippen molar-refractivity contribution in [2.75, 3.05) is 13.8 Å². The van der Waals surface area contributed by atoms with E-state index in [0.29, 0.717) is 15.0 Å². The number of rotatable bonds is 5. The SMILES string of the molecule is COc1c(-c2ccccc2[P+](C)(c2ccccc2)c2ccccc2)nc2sc(Cl)cn2c1=O.